The van der Waals surface area contributed by atoms with Crippen LogP contribution in [0, 0.1) is 34.0 Å². The Morgan fingerprint density at radius 2 is 1.44 bits per heavy atom. The van der Waals surface area contributed by atoms with E-state index >= 15 is 0 Å². The van der Waals surface area contributed by atoms with Crippen LogP contribution in [0.5, 0.6) is 0 Å². The Kier molecular flexibility index (Phi) is 9.65. The average Bonchev–Trinajstić information content (AvgIpc) is 3.56. The highest BCUT2D eigenvalue weighted by molar-refractivity contribution is 7.18. The molecule has 4 rings (SSSR count). The first-order valence-corrected chi connectivity index (χ1v) is 14.7. The molecule has 0 aliphatic carbocycles. The molecule has 5 nitrogen and oxygen atoms in total. The quantitative estimate of drug-likeness (QED) is 0.217. The monoisotopic (exact) mass is 547 g/mol. The molecule has 4 aromatic rings. The van der Waals surface area contributed by atoms with Crippen LogP contribution in [0.2, 0.25) is 0 Å². The molecule has 7 heteroatoms. The van der Waals surface area contributed by atoms with E-state index in [1.807, 2.05) is 72.8 Å². The van der Waals surface area contributed by atoms with Crippen LogP contribution in [0.4, 0.5) is 5.00 Å². The smallest absolute Gasteiger partial charge is 0.165 e. The van der Waals surface area contributed by atoms with Crippen molar-refractivity contribution < 1.29 is 0 Å². The number of benzene rings is 2. The van der Waals surface area contributed by atoms with Crippen LogP contribution in [-0.4, -0.2) is 18.1 Å². The molecular formula is C32H29N5S2. The minimum atomic E-state index is -0.00463. The van der Waals surface area contributed by atoms with Crippen molar-refractivity contribution in [2.24, 2.45) is 0 Å². The fourth-order valence-electron chi connectivity index (χ4n) is 4.35. The lowest BCUT2D eigenvalue weighted by Crippen LogP contribution is -2.25. The Hall–Kier alpha value is -4.22. The van der Waals surface area contributed by atoms with Crippen LogP contribution in [-0.2, 0) is 0 Å². The topological polar surface area (TPSA) is 87.5 Å². The SMILES string of the molecule is CCCCN(CCCC)c1sc(/C=c2\sc(=C(C#N)C#N)nc2-c2ccccc2)c(-c2ccccc2)c1C#N. The van der Waals surface area contributed by atoms with E-state index in [4.69, 9.17) is 4.98 Å². The Bertz CT molecular complexity index is 1640. The number of thiazole rings is 1. The Morgan fingerprint density at radius 3 is 1.97 bits per heavy atom. The van der Waals surface area contributed by atoms with E-state index in [9.17, 15) is 15.8 Å². The lowest BCUT2D eigenvalue weighted by Gasteiger charge is -2.23. The van der Waals surface area contributed by atoms with Crippen molar-refractivity contribution in [3.05, 3.63) is 80.3 Å². The predicted octanol–water partition coefficient (Wildman–Crippen LogP) is 6.84. The molecule has 194 valence electrons. The minimum absolute atomic E-state index is 0.00463. The van der Waals surface area contributed by atoms with Crippen molar-refractivity contribution in [2.75, 3.05) is 18.0 Å². The molecule has 39 heavy (non-hydrogen) atoms. The van der Waals surface area contributed by atoms with Gasteiger partial charge in [0, 0.05) is 29.1 Å². The second-order valence-corrected chi connectivity index (χ2v) is 11.1. The Balaban J connectivity index is 2.03. The summed E-state index contributed by atoms with van der Waals surface area (Å²) in [7, 11) is 0. The fraction of sp³-hybridized carbons (Fsp3) is 0.250. The van der Waals surface area contributed by atoms with Crippen molar-refractivity contribution in [2.45, 2.75) is 39.5 Å². The maximum absolute atomic E-state index is 10.4. The molecule has 0 saturated carbocycles. The van der Waals surface area contributed by atoms with Gasteiger partial charge in [0.15, 0.2) is 5.57 Å². The largest absolute Gasteiger partial charge is 0.362 e. The molecule has 0 bridgehead atoms. The third-order valence-electron chi connectivity index (χ3n) is 6.34. The van der Waals surface area contributed by atoms with Gasteiger partial charge in [-0.25, -0.2) is 4.98 Å². The summed E-state index contributed by atoms with van der Waals surface area (Å²) in [6.07, 6.45) is 6.36. The highest BCUT2D eigenvalue weighted by Gasteiger charge is 2.23. The number of nitriles is 3. The average molecular weight is 548 g/mol. The number of nitrogens with zero attached hydrogens (tertiary/aromatic N) is 5. The van der Waals surface area contributed by atoms with Crippen molar-refractivity contribution in [3.8, 4) is 40.6 Å². The van der Waals surface area contributed by atoms with Crippen LogP contribution in [0.3, 0.4) is 0 Å². The van der Waals surface area contributed by atoms with Crippen molar-refractivity contribution >= 4 is 39.3 Å². The van der Waals surface area contributed by atoms with Crippen molar-refractivity contribution in [1.29, 1.82) is 15.8 Å². The third-order valence-corrected chi connectivity index (χ3v) is 8.56. The van der Waals surface area contributed by atoms with Gasteiger partial charge < -0.3 is 4.90 Å². The maximum atomic E-state index is 10.4. The number of aromatic nitrogens is 1. The molecule has 0 radical (unpaired) electrons. The summed E-state index contributed by atoms with van der Waals surface area (Å²) in [6, 6.07) is 26.3. The van der Waals surface area contributed by atoms with Gasteiger partial charge in [-0.3, -0.25) is 0 Å². The summed E-state index contributed by atoms with van der Waals surface area (Å²) in [5.74, 6) is 0. The first kappa shape index (κ1) is 27.8. The van der Waals surface area contributed by atoms with Crippen molar-refractivity contribution in [3.63, 3.8) is 0 Å². The summed E-state index contributed by atoms with van der Waals surface area (Å²) in [4.78, 5) is 8.06. The molecule has 0 atom stereocenters. The standard InChI is InChI=1S/C32H29N5S2/c1-3-5-17-37(18-6-4-2)32-26(22-35)29(23-13-9-7-10-14-23)27(39-32)19-28-30(24-15-11-8-12-16-24)36-31(38-28)25(20-33)21-34/h7-16,19H,3-6,17-18H2,1-2H3/b28-19-. The fourth-order valence-corrected chi connectivity index (χ4v) is 6.67. The first-order chi connectivity index (χ1) is 19.1. The van der Waals surface area contributed by atoms with Gasteiger partial charge in [-0.2, -0.15) is 15.8 Å². The van der Waals surface area contributed by atoms with Gasteiger partial charge in [-0.15, -0.1) is 22.7 Å². The molecule has 2 aromatic carbocycles. The van der Waals surface area contributed by atoms with Crippen LogP contribution in [0.15, 0.2) is 60.7 Å². The molecule has 0 spiro atoms. The number of rotatable bonds is 10. The van der Waals surface area contributed by atoms with E-state index < -0.39 is 0 Å². The van der Waals surface area contributed by atoms with E-state index in [2.05, 4.69) is 30.9 Å². The molecule has 0 aliphatic heterocycles. The molecule has 0 N–H and O–H groups in total. The molecule has 2 aromatic heterocycles. The highest BCUT2D eigenvalue weighted by atomic mass is 32.1. The zero-order valence-corrected chi connectivity index (χ0v) is 23.8. The normalized spacial score (nSPS) is 11.0. The second kappa shape index (κ2) is 13.5. The van der Waals surface area contributed by atoms with E-state index in [0.717, 1.165) is 75.6 Å². The van der Waals surface area contributed by atoms with Crippen LogP contribution in [0.25, 0.3) is 34.0 Å². The Morgan fingerprint density at radius 1 is 0.846 bits per heavy atom. The molecule has 0 aliphatic rings. The molecule has 0 saturated heterocycles. The third kappa shape index (κ3) is 6.27. The number of anilines is 1. The highest BCUT2D eigenvalue weighted by Crippen LogP contribution is 2.42. The van der Waals surface area contributed by atoms with Gasteiger partial charge in [-0.1, -0.05) is 87.4 Å². The minimum Gasteiger partial charge on any atom is -0.362 e. The maximum Gasteiger partial charge on any atom is 0.165 e. The number of unbranched alkanes of at least 4 members (excludes halogenated alkanes) is 2. The van der Waals surface area contributed by atoms with Crippen LogP contribution >= 0.6 is 22.7 Å². The van der Waals surface area contributed by atoms with Crippen molar-refractivity contribution in [1.82, 2.24) is 4.98 Å². The molecule has 0 amide bonds. The molecule has 0 unspecified atom stereocenters. The molecular weight excluding hydrogens is 519 g/mol. The van der Waals surface area contributed by atoms with Gasteiger partial charge in [-0.05, 0) is 24.5 Å². The van der Waals surface area contributed by atoms with Gasteiger partial charge in [0.2, 0.25) is 0 Å². The Labute approximate surface area is 237 Å². The lowest BCUT2D eigenvalue weighted by atomic mass is 10.0. The first-order valence-electron chi connectivity index (χ1n) is 13.1. The summed E-state index contributed by atoms with van der Waals surface area (Å²) >= 11 is 2.96. The van der Waals surface area contributed by atoms with Gasteiger partial charge in [0.25, 0.3) is 0 Å². The number of thiophene rings is 1. The number of hydrogen-bond acceptors (Lipinski definition) is 7. The van der Waals surface area contributed by atoms with E-state index in [-0.39, 0.29) is 5.57 Å². The van der Waals surface area contributed by atoms with Gasteiger partial charge >= 0.3 is 0 Å². The van der Waals surface area contributed by atoms with E-state index in [0.29, 0.717) is 10.2 Å². The van der Waals surface area contributed by atoms with Gasteiger partial charge in [0.1, 0.15) is 27.9 Å². The van der Waals surface area contributed by atoms with Gasteiger partial charge in [0.05, 0.1) is 15.8 Å². The van der Waals surface area contributed by atoms with Crippen LogP contribution in [0.1, 0.15) is 50.0 Å². The predicted molar refractivity (Wildman–Crippen MR) is 161 cm³/mol. The summed E-state index contributed by atoms with van der Waals surface area (Å²) in [5.41, 5.74) is 4.22. The zero-order valence-electron chi connectivity index (χ0n) is 22.1. The van der Waals surface area contributed by atoms with Crippen LogP contribution < -0.4 is 14.1 Å². The second-order valence-electron chi connectivity index (χ2n) is 9.03. The summed E-state index contributed by atoms with van der Waals surface area (Å²) in [5, 5.41) is 30.5. The summed E-state index contributed by atoms with van der Waals surface area (Å²) in [6.45, 7) is 6.18. The molecule has 0 fully saturated rings. The molecule has 2 heterocycles. The lowest BCUT2D eigenvalue weighted by molar-refractivity contribution is 0.681. The zero-order chi connectivity index (χ0) is 27.6. The van der Waals surface area contributed by atoms with E-state index in [1.54, 1.807) is 11.3 Å². The number of hydrogen-bond donors (Lipinski definition) is 0. The van der Waals surface area contributed by atoms with E-state index in [1.165, 1.54) is 11.3 Å². The summed E-state index contributed by atoms with van der Waals surface area (Å²) < 4.78 is 1.25.